The Morgan fingerprint density at radius 3 is 2.61 bits per heavy atom. The third kappa shape index (κ3) is 3.60. The lowest BCUT2D eigenvalue weighted by Crippen LogP contribution is -2.42. The lowest BCUT2D eigenvalue weighted by Gasteiger charge is -2.31. The number of aryl methyl sites for hydroxylation is 1. The van der Waals surface area contributed by atoms with Gasteiger partial charge in [-0.25, -0.2) is 0 Å². The van der Waals surface area contributed by atoms with Crippen molar-refractivity contribution in [2.75, 3.05) is 19.6 Å². The van der Waals surface area contributed by atoms with Crippen LogP contribution >= 0.6 is 0 Å². The summed E-state index contributed by atoms with van der Waals surface area (Å²) in [6, 6.07) is 3.76. The monoisotopic (exact) mass is 251 g/mol. The molecule has 1 aromatic heterocycles. The van der Waals surface area contributed by atoms with E-state index in [1.54, 1.807) is 0 Å². The molecule has 0 aliphatic carbocycles. The summed E-state index contributed by atoms with van der Waals surface area (Å²) >= 11 is 0. The summed E-state index contributed by atoms with van der Waals surface area (Å²) in [4.78, 5) is 14.4. The SMILES string of the molecule is CCCN(CC(C)(C)CN)C(=O)c1cccn1C. The van der Waals surface area contributed by atoms with Gasteiger partial charge in [0.2, 0.25) is 0 Å². The lowest BCUT2D eigenvalue weighted by molar-refractivity contribution is 0.0680. The summed E-state index contributed by atoms with van der Waals surface area (Å²) in [7, 11) is 1.89. The molecule has 0 unspecified atom stereocenters. The van der Waals surface area contributed by atoms with Gasteiger partial charge in [0.25, 0.3) is 5.91 Å². The lowest BCUT2D eigenvalue weighted by atomic mass is 9.93. The zero-order valence-electron chi connectivity index (χ0n) is 11.9. The molecule has 0 spiro atoms. The Hall–Kier alpha value is -1.29. The van der Waals surface area contributed by atoms with Crippen molar-refractivity contribution in [3.8, 4) is 0 Å². The van der Waals surface area contributed by atoms with Gasteiger partial charge in [0, 0.05) is 26.3 Å². The topological polar surface area (TPSA) is 51.3 Å². The van der Waals surface area contributed by atoms with Crippen molar-refractivity contribution < 1.29 is 4.79 Å². The average molecular weight is 251 g/mol. The minimum absolute atomic E-state index is 0.0456. The number of carbonyl (C=O) groups is 1. The first-order chi connectivity index (χ1) is 8.41. The molecule has 18 heavy (non-hydrogen) atoms. The van der Waals surface area contributed by atoms with Crippen LogP contribution in [0.25, 0.3) is 0 Å². The Kier molecular flexibility index (Phi) is 4.96. The average Bonchev–Trinajstić information content (AvgIpc) is 2.74. The van der Waals surface area contributed by atoms with Crippen molar-refractivity contribution in [2.24, 2.45) is 18.2 Å². The van der Waals surface area contributed by atoms with E-state index in [0.717, 1.165) is 18.7 Å². The zero-order chi connectivity index (χ0) is 13.8. The molecule has 2 N–H and O–H groups in total. The maximum Gasteiger partial charge on any atom is 0.270 e. The van der Waals surface area contributed by atoms with E-state index < -0.39 is 0 Å². The van der Waals surface area contributed by atoms with Crippen molar-refractivity contribution in [2.45, 2.75) is 27.2 Å². The predicted octanol–water partition coefficient (Wildman–Crippen LogP) is 1.86. The maximum atomic E-state index is 12.5. The van der Waals surface area contributed by atoms with Crippen LogP contribution in [0.3, 0.4) is 0 Å². The van der Waals surface area contributed by atoms with Crippen LogP contribution in [-0.2, 0) is 7.05 Å². The number of hydrogen-bond donors (Lipinski definition) is 1. The van der Waals surface area contributed by atoms with Gasteiger partial charge in [-0.15, -0.1) is 0 Å². The Bertz CT molecular complexity index is 395. The van der Waals surface area contributed by atoms with Crippen molar-refractivity contribution in [3.63, 3.8) is 0 Å². The van der Waals surface area contributed by atoms with E-state index in [-0.39, 0.29) is 11.3 Å². The second-order valence-electron chi connectivity index (χ2n) is 5.60. The van der Waals surface area contributed by atoms with E-state index in [0.29, 0.717) is 13.1 Å². The number of aromatic nitrogens is 1. The Balaban J connectivity index is 2.85. The number of amides is 1. The molecule has 0 aliphatic rings. The molecule has 4 nitrogen and oxygen atoms in total. The molecule has 0 radical (unpaired) electrons. The van der Waals surface area contributed by atoms with Gasteiger partial charge in [0.1, 0.15) is 5.69 Å². The van der Waals surface area contributed by atoms with E-state index in [1.165, 1.54) is 0 Å². The van der Waals surface area contributed by atoms with E-state index in [9.17, 15) is 4.79 Å². The van der Waals surface area contributed by atoms with Gasteiger partial charge in [0.05, 0.1) is 0 Å². The fourth-order valence-corrected chi connectivity index (χ4v) is 1.95. The normalized spacial score (nSPS) is 11.6. The summed E-state index contributed by atoms with van der Waals surface area (Å²) in [6.07, 6.45) is 2.85. The molecule has 0 saturated heterocycles. The molecular formula is C14H25N3O. The van der Waals surface area contributed by atoms with Crippen LogP contribution in [0.15, 0.2) is 18.3 Å². The second kappa shape index (κ2) is 6.05. The number of carbonyl (C=O) groups excluding carboxylic acids is 1. The first-order valence-corrected chi connectivity index (χ1v) is 6.52. The third-order valence-electron chi connectivity index (χ3n) is 3.12. The highest BCUT2D eigenvalue weighted by molar-refractivity contribution is 5.92. The van der Waals surface area contributed by atoms with Gasteiger partial charge >= 0.3 is 0 Å². The van der Waals surface area contributed by atoms with E-state index in [2.05, 4.69) is 20.8 Å². The Morgan fingerprint density at radius 2 is 2.17 bits per heavy atom. The van der Waals surface area contributed by atoms with Crippen LogP contribution < -0.4 is 5.73 Å². The molecule has 0 aromatic carbocycles. The third-order valence-corrected chi connectivity index (χ3v) is 3.12. The molecule has 4 heteroatoms. The maximum absolute atomic E-state index is 12.5. The van der Waals surface area contributed by atoms with Gasteiger partial charge in [-0.1, -0.05) is 20.8 Å². The fraction of sp³-hybridized carbons (Fsp3) is 0.643. The minimum atomic E-state index is -0.0456. The first-order valence-electron chi connectivity index (χ1n) is 6.52. The molecule has 1 rings (SSSR count). The number of nitrogens with two attached hydrogens (primary N) is 1. The summed E-state index contributed by atoms with van der Waals surface area (Å²) in [5, 5.41) is 0. The van der Waals surface area contributed by atoms with Gasteiger partial charge < -0.3 is 15.2 Å². The highest BCUT2D eigenvalue weighted by Crippen LogP contribution is 2.17. The molecule has 0 bridgehead atoms. The summed E-state index contributed by atoms with van der Waals surface area (Å²) in [5.41, 5.74) is 6.44. The highest BCUT2D eigenvalue weighted by atomic mass is 16.2. The minimum Gasteiger partial charge on any atom is -0.347 e. The molecule has 0 saturated carbocycles. The number of hydrogen-bond acceptors (Lipinski definition) is 2. The van der Waals surface area contributed by atoms with E-state index in [4.69, 9.17) is 5.73 Å². The van der Waals surface area contributed by atoms with Crippen LogP contribution in [0.1, 0.15) is 37.7 Å². The number of rotatable bonds is 6. The predicted molar refractivity (Wildman–Crippen MR) is 74.4 cm³/mol. The molecule has 1 aromatic rings. The van der Waals surface area contributed by atoms with Gasteiger partial charge in [-0.05, 0) is 30.5 Å². The van der Waals surface area contributed by atoms with Crippen LogP contribution in [-0.4, -0.2) is 35.0 Å². The summed E-state index contributed by atoms with van der Waals surface area (Å²) in [6.45, 7) is 8.31. The van der Waals surface area contributed by atoms with Gasteiger partial charge in [-0.3, -0.25) is 4.79 Å². The summed E-state index contributed by atoms with van der Waals surface area (Å²) in [5.74, 6) is 0.0888. The number of nitrogens with zero attached hydrogens (tertiary/aromatic N) is 2. The highest BCUT2D eigenvalue weighted by Gasteiger charge is 2.24. The largest absolute Gasteiger partial charge is 0.347 e. The van der Waals surface area contributed by atoms with Crippen molar-refractivity contribution in [3.05, 3.63) is 24.0 Å². The zero-order valence-corrected chi connectivity index (χ0v) is 11.9. The second-order valence-corrected chi connectivity index (χ2v) is 5.60. The molecule has 102 valence electrons. The molecule has 1 amide bonds. The summed E-state index contributed by atoms with van der Waals surface area (Å²) < 4.78 is 1.86. The van der Waals surface area contributed by atoms with Crippen molar-refractivity contribution >= 4 is 5.91 Å². The van der Waals surface area contributed by atoms with E-state index in [1.807, 2.05) is 34.8 Å². The van der Waals surface area contributed by atoms with Crippen LogP contribution in [0, 0.1) is 5.41 Å². The molecule has 1 heterocycles. The molecule has 0 atom stereocenters. The van der Waals surface area contributed by atoms with E-state index >= 15 is 0 Å². The quantitative estimate of drug-likeness (QED) is 0.839. The van der Waals surface area contributed by atoms with Crippen LogP contribution in [0.5, 0.6) is 0 Å². The van der Waals surface area contributed by atoms with Crippen molar-refractivity contribution in [1.29, 1.82) is 0 Å². The standard InChI is InChI=1S/C14H25N3O/c1-5-8-17(11-14(2,3)10-15)13(18)12-7-6-9-16(12)4/h6-7,9H,5,8,10-11,15H2,1-4H3. The van der Waals surface area contributed by atoms with Gasteiger partial charge in [-0.2, -0.15) is 0 Å². The fourth-order valence-electron chi connectivity index (χ4n) is 1.95. The smallest absolute Gasteiger partial charge is 0.270 e. The molecule has 0 aliphatic heterocycles. The Labute approximate surface area is 110 Å². The van der Waals surface area contributed by atoms with Crippen molar-refractivity contribution in [1.82, 2.24) is 9.47 Å². The Morgan fingerprint density at radius 1 is 1.50 bits per heavy atom. The van der Waals surface area contributed by atoms with Crippen LogP contribution in [0.2, 0.25) is 0 Å². The first kappa shape index (κ1) is 14.8. The molecular weight excluding hydrogens is 226 g/mol. The molecule has 0 fully saturated rings. The van der Waals surface area contributed by atoms with Gasteiger partial charge in [0.15, 0.2) is 0 Å². The van der Waals surface area contributed by atoms with Crippen LogP contribution in [0.4, 0.5) is 0 Å².